The molecule has 0 saturated carbocycles. The van der Waals surface area contributed by atoms with E-state index in [1.807, 2.05) is 6.92 Å². The molecule has 0 aliphatic carbocycles. The number of aliphatic carboxylic acids is 1. The van der Waals surface area contributed by atoms with Crippen LogP contribution in [0, 0.1) is 11.4 Å². The molecule has 0 atom stereocenters. The summed E-state index contributed by atoms with van der Waals surface area (Å²) in [5.74, 6) is -1.63. The molecule has 21 heavy (non-hydrogen) atoms. The molecule has 1 fully saturated rings. The zero-order valence-corrected chi connectivity index (χ0v) is 12.0. The first-order valence-electron chi connectivity index (χ1n) is 7.13. The van der Waals surface area contributed by atoms with Crippen LogP contribution in [0.25, 0.3) is 0 Å². The van der Waals surface area contributed by atoms with Gasteiger partial charge in [-0.05, 0) is 31.4 Å². The number of carboxylic acids is 1. The SMILES string of the molecule is CCCC1(C(=O)O)CCN(C(=O)c2ccc(F)nc2)CC1. The number of carboxylic acid groups (broad SMARTS) is 1. The summed E-state index contributed by atoms with van der Waals surface area (Å²) in [5.41, 5.74) is -0.387. The highest BCUT2D eigenvalue weighted by molar-refractivity contribution is 5.94. The van der Waals surface area contributed by atoms with E-state index in [0.29, 0.717) is 37.9 Å². The number of amides is 1. The Kier molecular flexibility index (Phi) is 4.55. The first-order valence-corrected chi connectivity index (χ1v) is 7.13. The van der Waals surface area contributed by atoms with Gasteiger partial charge in [0, 0.05) is 19.3 Å². The zero-order chi connectivity index (χ0) is 15.5. The van der Waals surface area contributed by atoms with Gasteiger partial charge >= 0.3 is 5.97 Å². The van der Waals surface area contributed by atoms with Crippen molar-refractivity contribution in [1.29, 1.82) is 0 Å². The van der Waals surface area contributed by atoms with Crippen molar-refractivity contribution in [2.45, 2.75) is 32.6 Å². The second-order valence-corrected chi connectivity index (χ2v) is 5.50. The van der Waals surface area contributed by atoms with Crippen molar-refractivity contribution in [3.8, 4) is 0 Å². The minimum Gasteiger partial charge on any atom is -0.481 e. The van der Waals surface area contributed by atoms with Crippen molar-refractivity contribution in [1.82, 2.24) is 9.88 Å². The van der Waals surface area contributed by atoms with Crippen LogP contribution >= 0.6 is 0 Å². The number of nitrogens with zero attached hydrogens (tertiary/aromatic N) is 2. The predicted molar refractivity (Wildman–Crippen MR) is 74.3 cm³/mol. The summed E-state index contributed by atoms with van der Waals surface area (Å²) in [6.45, 7) is 2.78. The number of pyridine rings is 1. The van der Waals surface area contributed by atoms with Gasteiger partial charge in [-0.2, -0.15) is 4.39 Å². The van der Waals surface area contributed by atoms with Crippen molar-refractivity contribution in [3.05, 3.63) is 29.8 Å². The van der Waals surface area contributed by atoms with Crippen LogP contribution in [0.1, 0.15) is 43.0 Å². The van der Waals surface area contributed by atoms with E-state index in [2.05, 4.69) is 4.98 Å². The Balaban J connectivity index is 2.04. The third kappa shape index (κ3) is 3.20. The highest BCUT2D eigenvalue weighted by Gasteiger charge is 2.41. The number of carbonyl (C=O) groups excluding carboxylic acids is 1. The molecule has 0 bridgehead atoms. The Morgan fingerprint density at radius 1 is 1.38 bits per heavy atom. The van der Waals surface area contributed by atoms with Gasteiger partial charge in [-0.25, -0.2) is 4.98 Å². The summed E-state index contributed by atoms with van der Waals surface area (Å²) in [6, 6.07) is 2.55. The van der Waals surface area contributed by atoms with E-state index in [4.69, 9.17) is 0 Å². The number of rotatable bonds is 4. The lowest BCUT2D eigenvalue weighted by atomic mass is 9.75. The molecule has 2 rings (SSSR count). The topological polar surface area (TPSA) is 70.5 Å². The van der Waals surface area contributed by atoms with Crippen molar-refractivity contribution in [3.63, 3.8) is 0 Å². The van der Waals surface area contributed by atoms with Crippen LogP contribution in [0.15, 0.2) is 18.3 Å². The number of halogens is 1. The Morgan fingerprint density at radius 3 is 2.52 bits per heavy atom. The summed E-state index contributed by atoms with van der Waals surface area (Å²) in [4.78, 5) is 28.9. The third-order valence-corrected chi connectivity index (χ3v) is 4.16. The molecular weight excluding hydrogens is 275 g/mol. The Bertz CT molecular complexity index is 522. The van der Waals surface area contributed by atoms with Gasteiger partial charge in [0.2, 0.25) is 5.95 Å². The van der Waals surface area contributed by atoms with Crippen LogP contribution in [0.5, 0.6) is 0 Å². The molecule has 1 aromatic heterocycles. The molecule has 0 aromatic carbocycles. The lowest BCUT2D eigenvalue weighted by Gasteiger charge is -2.38. The van der Waals surface area contributed by atoms with Gasteiger partial charge in [-0.15, -0.1) is 0 Å². The van der Waals surface area contributed by atoms with Crippen molar-refractivity contribution in [2.75, 3.05) is 13.1 Å². The van der Waals surface area contributed by atoms with Crippen LogP contribution in [0.4, 0.5) is 4.39 Å². The van der Waals surface area contributed by atoms with E-state index in [9.17, 15) is 19.1 Å². The highest BCUT2D eigenvalue weighted by Crippen LogP contribution is 2.36. The van der Waals surface area contributed by atoms with E-state index in [1.165, 1.54) is 12.3 Å². The molecule has 0 unspecified atom stereocenters. The monoisotopic (exact) mass is 294 g/mol. The van der Waals surface area contributed by atoms with E-state index in [-0.39, 0.29) is 5.91 Å². The molecule has 1 N–H and O–H groups in total. The largest absolute Gasteiger partial charge is 0.481 e. The first kappa shape index (κ1) is 15.4. The number of hydrogen-bond acceptors (Lipinski definition) is 3. The molecule has 5 nitrogen and oxygen atoms in total. The minimum atomic E-state index is -0.778. The average Bonchev–Trinajstić information content (AvgIpc) is 2.48. The van der Waals surface area contributed by atoms with Gasteiger partial charge < -0.3 is 10.0 Å². The predicted octanol–water partition coefficient (Wildman–Crippen LogP) is 2.33. The number of hydrogen-bond donors (Lipinski definition) is 1. The van der Waals surface area contributed by atoms with Crippen molar-refractivity contribution >= 4 is 11.9 Å². The molecule has 1 aliphatic rings. The number of aromatic nitrogens is 1. The Labute approximate surface area is 122 Å². The molecule has 6 heteroatoms. The molecule has 1 saturated heterocycles. The van der Waals surface area contributed by atoms with Crippen LogP contribution in [-0.4, -0.2) is 40.0 Å². The fourth-order valence-electron chi connectivity index (χ4n) is 2.87. The maximum absolute atomic E-state index is 12.8. The van der Waals surface area contributed by atoms with Gasteiger partial charge in [-0.3, -0.25) is 9.59 Å². The second kappa shape index (κ2) is 6.20. The Morgan fingerprint density at radius 2 is 2.05 bits per heavy atom. The fraction of sp³-hybridized carbons (Fsp3) is 0.533. The smallest absolute Gasteiger partial charge is 0.309 e. The highest BCUT2D eigenvalue weighted by atomic mass is 19.1. The molecule has 114 valence electrons. The quantitative estimate of drug-likeness (QED) is 0.865. The molecule has 0 radical (unpaired) electrons. The molecule has 1 aliphatic heterocycles. The second-order valence-electron chi connectivity index (χ2n) is 5.50. The molecule has 1 amide bonds. The number of likely N-dealkylation sites (tertiary alicyclic amines) is 1. The third-order valence-electron chi connectivity index (χ3n) is 4.16. The summed E-state index contributed by atoms with van der Waals surface area (Å²) < 4.78 is 12.8. The van der Waals surface area contributed by atoms with E-state index in [0.717, 1.165) is 12.5 Å². The Hall–Kier alpha value is -1.98. The molecule has 0 spiro atoms. The molecule has 1 aromatic rings. The lowest BCUT2D eigenvalue weighted by molar-refractivity contribution is -0.152. The number of carbonyl (C=O) groups is 2. The zero-order valence-electron chi connectivity index (χ0n) is 12.0. The van der Waals surface area contributed by atoms with Crippen LogP contribution in [0.3, 0.4) is 0 Å². The normalized spacial score (nSPS) is 17.5. The molecule has 2 heterocycles. The first-order chi connectivity index (χ1) is 9.98. The summed E-state index contributed by atoms with van der Waals surface area (Å²) in [6.07, 6.45) is 3.56. The van der Waals surface area contributed by atoms with Gasteiger partial charge in [0.25, 0.3) is 5.91 Å². The van der Waals surface area contributed by atoms with Crippen LogP contribution in [0.2, 0.25) is 0 Å². The maximum Gasteiger partial charge on any atom is 0.309 e. The van der Waals surface area contributed by atoms with E-state index >= 15 is 0 Å². The van der Waals surface area contributed by atoms with Gasteiger partial charge in [0.15, 0.2) is 0 Å². The van der Waals surface area contributed by atoms with Gasteiger partial charge in [0.1, 0.15) is 0 Å². The van der Waals surface area contributed by atoms with E-state index < -0.39 is 17.3 Å². The molecular formula is C15H19FN2O3. The summed E-state index contributed by atoms with van der Waals surface area (Å²) in [7, 11) is 0. The lowest BCUT2D eigenvalue weighted by Crippen LogP contribution is -2.46. The van der Waals surface area contributed by atoms with Crippen LogP contribution in [-0.2, 0) is 4.79 Å². The minimum absolute atomic E-state index is 0.224. The summed E-state index contributed by atoms with van der Waals surface area (Å²) in [5, 5.41) is 9.44. The fourth-order valence-corrected chi connectivity index (χ4v) is 2.87. The van der Waals surface area contributed by atoms with Crippen molar-refractivity contribution in [2.24, 2.45) is 5.41 Å². The van der Waals surface area contributed by atoms with Gasteiger partial charge in [0.05, 0.1) is 11.0 Å². The van der Waals surface area contributed by atoms with E-state index in [1.54, 1.807) is 4.90 Å². The maximum atomic E-state index is 12.8. The van der Waals surface area contributed by atoms with Crippen LogP contribution < -0.4 is 0 Å². The van der Waals surface area contributed by atoms with Crippen molar-refractivity contribution < 1.29 is 19.1 Å². The van der Waals surface area contributed by atoms with Gasteiger partial charge in [-0.1, -0.05) is 13.3 Å². The standard InChI is InChI=1S/C15H19FN2O3/c1-2-5-15(14(20)21)6-8-18(9-7-15)13(19)11-3-4-12(16)17-10-11/h3-4,10H,2,5-9H2,1H3,(H,20,21). The average molecular weight is 294 g/mol. The summed E-state index contributed by atoms with van der Waals surface area (Å²) >= 11 is 0. The number of piperidine rings is 1.